The van der Waals surface area contributed by atoms with Gasteiger partial charge in [0.25, 0.3) is 0 Å². The summed E-state index contributed by atoms with van der Waals surface area (Å²) < 4.78 is 0. The molecule has 0 saturated heterocycles. The molecule has 4 aliphatic rings. The predicted octanol–water partition coefficient (Wildman–Crippen LogP) is 2.56. The van der Waals surface area contributed by atoms with Crippen LogP contribution in [0.2, 0.25) is 0 Å². The van der Waals surface area contributed by atoms with E-state index in [-0.39, 0.29) is 65.1 Å². The first-order valence-corrected chi connectivity index (χ1v) is 13.0. The highest BCUT2D eigenvalue weighted by Gasteiger charge is 2.65. The minimum Gasteiger partial charge on any atom is -0.480 e. The van der Waals surface area contributed by atoms with E-state index in [0.29, 0.717) is 25.2 Å². The molecule has 1 amide bonds. The largest absolute Gasteiger partial charge is 0.480 e. The minimum atomic E-state index is -1.04. The molecule has 33 heavy (non-hydrogen) atoms. The molecule has 4 fully saturated rings. The van der Waals surface area contributed by atoms with E-state index in [1.165, 1.54) is 0 Å². The molecule has 0 heterocycles. The van der Waals surface area contributed by atoms with Crippen LogP contribution in [0.3, 0.4) is 0 Å². The number of fused-ring (bicyclic) bond motifs is 5. The zero-order valence-electron chi connectivity index (χ0n) is 20.4. The third-order valence-corrected chi connectivity index (χ3v) is 10.8. The number of nitrogens with one attached hydrogen (secondary N) is 1. The fourth-order valence-corrected chi connectivity index (χ4v) is 8.95. The summed E-state index contributed by atoms with van der Waals surface area (Å²) in [5, 5.41) is 44.4. The average molecular weight is 466 g/mol. The van der Waals surface area contributed by atoms with E-state index in [9.17, 15) is 24.9 Å². The van der Waals surface area contributed by atoms with Crippen LogP contribution in [0.5, 0.6) is 0 Å². The van der Waals surface area contributed by atoms with Gasteiger partial charge >= 0.3 is 5.97 Å². The fraction of sp³-hybridized carbons (Fsp3) is 0.923. The average Bonchev–Trinajstić information content (AvgIpc) is 3.11. The number of carboxylic acid groups (broad SMARTS) is 1. The number of hydrogen-bond donors (Lipinski definition) is 5. The second kappa shape index (κ2) is 9.12. The standard InChI is InChI=1S/C26H43NO6/c1-14(4-7-22(31)27-13-23(32)33)17-5-6-18-24-19(12-21(30)26(17,18)3)25(2)9-8-16(28)10-15(25)11-20(24)29/h14-21,24,28-30H,4-13H2,1-3H3,(H,27,31)(H,32,33)/t14-,15-,16-,17-,18+,19+,20+,21+,24-,25+,26-/m1/s1. The lowest BCUT2D eigenvalue weighted by Crippen LogP contribution is -2.62. The molecule has 7 nitrogen and oxygen atoms in total. The second-order valence-corrected chi connectivity index (χ2v) is 12.2. The van der Waals surface area contributed by atoms with Gasteiger partial charge in [-0.05, 0) is 97.7 Å². The van der Waals surface area contributed by atoms with Crippen molar-refractivity contribution in [2.24, 2.45) is 46.3 Å². The highest BCUT2D eigenvalue weighted by molar-refractivity contribution is 5.81. The highest BCUT2D eigenvalue weighted by Crippen LogP contribution is 2.68. The number of aliphatic carboxylic acids is 1. The SMILES string of the molecule is C[C@H](CCC(=O)NCC(=O)O)[C@H]1CC[C@H]2[C@H]3[C@@H](O)C[C@H]4C[C@H](O)CC[C@]4(C)[C@H]3C[C@H](O)[C@]12C. The van der Waals surface area contributed by atoms with E-state index in [4.69, 9.17) is 5.11 Å². The van der Waals surface area contributed by atoms with E-state index in [0.717, 1.165) is 38.5 Å². The third-order valence-electron chi connectivity index (χ3n) is 10.8. The molecule has 188 valence electrons. The lowest BCUT2D eigenvalue weighted by atomic mass is 9.43. The van der Waals surface area contributed by atoms with Crippen molar-refractivity contribution in [1.82, 2.24) is 5.32 Å². The lowest BCUT2D eigenvalue weighted by molar-refractivity contribution is -0.207. The molecule has 0 spiro atoms. The molecule has 0 aromatic heterocycles. The normalized spacial score (nSPS) is 47.7. The van der Waals surface area contributed by atoms with Crippen LogP contribution < -0.4 is 5.32 Å². The molecule has 0 unspecified atom stereocenters. The third kappa shape index (κ3) is 4.23. The first kappa shape index (κ1) is 24.9. The molecular formula is C26H43NO6. The zero-order valence-corrected chi connectivity index (χ0v) is 20.4. The Kier molecular flexibility index (Phi) is 6.89. The Morgan fingerprint density at radius 1 is 1.03 bits per heavy atom. The molecule has 4 aliphatic carbocycles. The van der Waals surface area contributed by atoms with E-state index >= 15 is 0 Å². The Morgan fingerprint density at radius 3 is 2.45 bits per heavy atom. The summed E-state index contributed by atoms with van der Waals surface area (Å²) in [4.78, 5) is 22.7. The number of rotatable bonds is 6. The Labute approximate surface area is 197 Å². The van der Waals surface area contributed by atoms with Crippen LogP contribution in [0, 0.1) is 46.3 Å². The molecule has 4 saturated carbocycles. The Bertz CT molecular complexity index is 759. The Hall–Kier alpha value is -1.18. The second-order valence-electron chi connectivity index (χ2n) is 12.2. The van der Waals surface area contributed by atoms with Crippen LogP contribution >= 0.6 is 0 Å². The molecular weight excluding hydrogens is 422 g/mol. The summed E-state index contributed by atoms with van der Waals surface area (Å²) >= 11 is 0. The van der Waals surface area contributed by atoms with Crippen molar-refractivity contribution in [1.29, 1.82) is 0 Å². The fourth-order valence-electron chi connectivity index (χ4n) is 8.95. The van der Waals surface area contributed by atoms with Crippen molar-refractivity contribution >= 4 is 11.9 Å². The summed E-state index contributed by atoms with van der Waals surface area (Å²) in [7, 11) is 0. The van der Waals surface area contributed by atoms with Gasteiger partial charge in [-0.3, -0.25) is 9.59 Å². The summed E-state index contributed by atoms with van der Waals surface area (Å²) in [6.45, 7) is 6.35. The number of carboxylic acids is 1. The van der Waals surface area contributed by atoms with E-state index in [1.807, 2.05) is 0 Å². The van der Waals surface area contributed by atoms with Gasteiger partial charge in [0.2, 0.25) is 5.91 Å². The lowest BCUT2D eigenvalue weighted by Gasteiger charge is -2.63. The summed E-state index contributed by atoms with van der Waals surface area (Å²) in [6, 6.07) is 0. The highest BCUT2D eigenvalue weighted by atomic mass is 16.4. The molecule has 0 aliphatic heterocycles. The molecule has 4 rings (SSSR count). The number of carbonyl (C=O) groups excluding carboxylic acids is 1. The van der Waals surface area contributed by atoms with Gasteiger partial charge in [-0.2, -0.15) is 0 Å². The maximum atomic E-state index is 12.0. The van der Waals surface area contributed by atoms with E-state index < -0.39 is 12.1 Å². The molecule has 0 radical (unpaired) electrons. The maximum Gasteiger partial charge on any atom is 0.322 e. The molecule has 11 atom stereocenters. The van der Waals surface area contributed by atoms with Gasteiger partial charge in [-0.1, -0.05) is 20.8 Å². The van der Waals surface area contributed by atoms with Gasteiger partial charge < -0.3 is 25.7 Å². The van der Waals surface area contributed by atoms with Gasteiger partial charge in [-0.15, -0.1) is 0 Å². The monoisotopic (exact) mass is 465 g/mol. The minimum absolute atomic E-state index is 0.0668. The van der Waals surface area contributed by atoms with Crippen molar-refractivity contribution in [3.05, 3.63) is 0 Å². The number of amides is 1. The Morgan fingerprint density at radius 2 is 1.76 bits per heavy atom. The van der Waals surface area contributed by atoms with E-state index in [1.54, 1.807) is 0 Å². The summed E-state index contributed by atoms with van der Waals surface area (Å²) in [5.74, 6) is 0.265. The quantitative estimate of drug-likeness (QED) is 0.410. The van der Waals surface area contributed by atoms with Gasteiger partial charge in [0, 0.05) is 6.42 Å². The summed E-state index contributed by atoms with van der Waals surface area (Å²) in [6.07, 6.45) is 5.86. The van der Waals surface area contributed by atoms with Crippen LogP contribution in [-0.4, -0.2) is 57.2 Å². The van der Waals surface area contributed by atoms with Crippen LogP contribution in [0.15, 0.2) is 0 Å². The van der Waals surface area contributed by atoms with E-state index in [2.05, 4.69) is 26.1 Å². The Balaban J connectivity index is 1.49. The molecule has 0 bridgehead atoms. The van der Waals surface area contributed by atoms with Crippen molar-refractivity contribution < 1.29 is 30.0 Å². The molecule has 0 aromatic carbocycles. The maximum absolute atomic E-state index is 12.0. The predicted molar refractivity (Wildman–Crippen MR) is 123 cm³/mol. The van der Waals surface area contributed by atoms with Crippen molar-refractivity contribution in [2.45, 2.75) is 96.9 Å². The first-order valence-electron chi connectivity index (χ1n) is 13.0. The number of aliphatic hydroxyl groups is 3. The van der Waals surface area contributed by atoms with Crippen LogP contribution in [0.1, 0.15) is 78.6 Å². The van der Waals surface area contributed by atoms with Crippen molar-refractivity contribution in [2.75, 3.05) is 6.54 Å². The topological polar surface area (TPSA) is 127 Å². The van der Waals surface area contributed by atoms with Crippen molar-refractivity contribution in [3.63, 3.8) is 0 Å². The zero-order chi connectivity index (χ0) is 24.1. The molecule has 0 aromatic rings. The number of aliphatic hydroxyl groups excluding tert-OH is 3. The van der Waals surface area contributed by atoms with Gasteiger partial charge in [0.15, 0.2) is 0 Å². The van der Waals surface area contributed by atoms with Gasteiger partial charge in [0.1, 0.15) is 6.54 Å². The van der Waals surface area contributed by atoms with Crippen molar-refractivity contribution in [3.8, 4) is 0 Å². The number of hydrogen-bond acceptors (Lipinski definition) is 5. The van der Waals surface area contributed by atoms with Crippen LogP contribution in [0.4, 0.5) is 0 Å². The molecule has 5 N–H and O–H groups in total. The van der Waals surface area contributed by atoms with Gasteiger partial charge in [-0.25, -0.2) is 0 Å². The van der Waals surface area contributed by atoms with Gasteiger partial charge in [0.05, 0.1) is 18.3 Å². The van der Waals surface area contributed by atoms with Crippen LogP contribution in [0.25, 0.3) is 0 Å². The summed E-state index contributed by atoms with van der Waals surface area (Å²) in [5.41, 5.74) is -0.214. The smallest absolute Gasteiger partial charge is 0.322 e. The van der Waals surface area contributed by atoms with Crippen LogP contribution in [-0.2, 0) is 9.59 Å². The molecule has 7 heteroatoms. The first-order chi connectivity index (χ1) is 15.5. The number of carbonyl (C=O) groups is 2.